The molecule has 0 N–H and O–H groups in total. The van der Waals surface area contributed by atoms with E-state index in [0.29, 0.717) is 11.6 Å². The van der Waals surface area contributed by atoms with Gasteiger partial charge in [0.2, 0.25) is 0 Å². The van der Waals surface area contributed by atoms with E-state index in [1.807, 2.05) is 6.20 Å². The summed E-state index contributed by atoms with van der Waals surface area (Å²) in [5.41, 5.74) is 16.9. The van der Waals surface area contributed by atoms with Gasteiger partial charge < -0.3 is 4.98 Å². The third kappa shape index (κ3) is 14.2. The fraction of sp³-hybridized carbons (Fsp3) is 0.360. The molecule has 0 aliphatic heterocycles. The molecule has 413 valence electrons. The summed E-state index contributed by atoms with van der Waals surface area (Å²) in [4.78, 5) is 20.7. The van der Waals surface area contributed by atoms with E-state index in [0.717, 1.165) is 59.5 Å². The fourth-order valence-corrected chi connectivity index (χ4v) is 12.3. The molecular weight excluding hydrogens is 1150 g/mol. The van der Waals surface area contributed by atoms with Crippen molar-refractivity contribution in [3.05, 3.63) is 204 Å². The van der Waals surface area contributed by atoms with E-state index in [4.69, 9.17) is 19.9 Å². The minimum Gasteiger partial charge on any atom is -0.304 e. The van der Waals surface area contributed by atoms with Crippen LogP contribution in [0.4, 0.5) is 0 Å². The van der Waals surface area contributed by atoms with Crippen LogP contribution in [0.25, 0.3) is 78.2 Å². The minimum atomic E-state index is -0.294. The van der Waals surface area contributed by atoms with Gasteiger partial charge in [0.15, 0.2) is 11.6 Å². The van der Waals surface area contributed by atoms with Gasteiger partial charge in [-0.05, 0) is 106 Å². The Morgan fingerprint density at radius 3 is 1.68 bits per heavy atom. The van der Waals surface area contributed by atoms with E-state index in [-0.39, 0.29) is 30.9 Å². The van der Waals surface area contributed by atoms with E-state index in [1.54, 1.807) is 0 Å². The average Bonchev–Trinajstić information content (AvgIpc) is 3.76. The van der Waals surface area contributed by atoms with Crippen LogP contribution in [0.5, 0.6) is 0 Å². The van der Waals surface area contributed by atoms with E-state index in [2.05, 4.69) is 204 Å². The molecule has 1 aliphatic rings. The number of nitrogens with zero attached hydrogens (tertiary/aromatic N) is 4. The maximum absolute atomic E-state index is 5.21. The predicted octanol–water partition coefficient (Wildman–Crippen LogP) is 21.0. The summed E-state index contributed by atoms with van der Waals surface area (Å²) < 4.78 is 0. The molecule has 1 aliphatic carbocycles. The van der Waals surface area contributed by atoms with Gasteiger partial charge in [0.05, 0.1) is 0 Å². The first kappa shape index (κ1) is 58.3. The van der Waals surface area contributed by atoms with Crippen LogP contribution < -0.4 is 0 Å². The van der Waals surface area contributed by atoms with Gasteiger partial charge in [-0.15, -0.1) is 29.3 Å². The molecule has 0 bridgehead atoms. The standard InChI is InChI=1S/C75H83N4.Ir/c1-6-8-10-12-16-25-47-75(48-26-17-13-11-9-7-2)68-52-62(61-40-39-57-34-23-24-35-59(57)50-61)41-44-66(68)67-45-42-63(53-69(67)75)70-46-43-65(54-76-70)72-77-71(78-73(79-72)74(3,4)5)64-38-28-37-60(51-64)58-36-27-33-56(49-58)32-20-15-14-19-29-55-30-21-18-22-31-55;/h18,21-24,27-28,30-31,33-41,43-46,49-54H,6-17,19-20,25-26,29,32,47-48H2,1-5H3;/q-1;. The molecule has 0 amide bonds. The molecule has 0 fully saturated rings. The molecule has 5 heteroatoms. The Bertz CT molecular complexity index is 3410. The summed E-state index contributed by atoms with van der Waals surface area (Å²) in [6, 6.07) is 64.5. The Hall–Kier alpha value is -6.39. The molecule has 2 aromatic heterocycles. The number of rotatable bonds is 26. The third-order valence-electron chi connectivity index (χ3n) is 16.8. The molecule has 0 atom stereocenters. The first-order valence-corrected chi connectivity index (χ1v) is 30.4. The Morgan fingerprint density at radius 1 is 0.425 bits per heavy atom. The molecule has 10 rings (SSSR count). The summed E-state index contributed by atoms with van der Waals surface area (Å²) in [6.45, 7) is 11.2. The Balaban J connectivity index is 0.00000774. The first-order valence-electron chi connectivity index (χ1n) is 30.4. The van der Waals surface area contributed by atoms with Crippen molar-refractivity contribution < 1.29 is 20.1 Å². The van der Waals surface area contributed by atoms with Gasteiger partial charge in [-0.25, -0.2) is 15.0 Å². The molecule has 0 unspecified atom stereocenters. The number of benzene rings is 7. The van der Waals surface area contributed by atoms with Crippen molar-refractivity contribution in [1.29, 1.82) is 0 Å². The van der Waals surface area contributed by atoms with Gasteiger partial charge in [0.1, 0.15) is 5.82 Å². The third-order valence-corrected chi connectivity index (χ3v) is 16.8. The molecule has 0 saturated carbocycles. The number of hydrogen-bond acceptors (Lipinski definition) is 4. The van der Waals surface area contributed by atoms with Gasteiger partial charge in [-0.1, -0.05) is 275 Å². The average molecular weight is 1230 g/mol. The van der Waals surface area contributed by atoms with Crippen molar-refractivity contribution >= 4 is 10.8 Å². The molecule has 1 radical (unpaired) electrons. The van der Waals surface area contributed by atoms with E-state index < -0.39 is 0 Å². The van der Waals surface area contributed by atoms with Crippen molar-refractivity contribution in [2.75, 3.05) is 0 Å². The van der Waals surface area contributed by atoms with Gasteiger partial charge in [-0.3, -0.25) is 0 Å². The van der Waals surface area contributed by atoms with Crippen molar-refractivity contribution in [2.45, 2.75) is 174 Å². The number of fused-ring (bicyclic) bond motifs is 4. The van der Waals surface area contributed by atoms with Crippen LogP contribution in [0.1, 0.15) is 178 Å². The first-order chi connectivity index (χ1) is 38.7. The summed E-state index contributed by atoms with van der Waals surface area (Å²) in [5, 5.41) is 2.56. The van der Waals surface area contributed by atoms with Crippen molar-refractivity contribution in [3.63, 3.8) is 0 Å². The minimum absolute atomic E-state index is 0. The summed E-state index contributed by atoms with van der Waals surface area (Å²) in [7, 11) is 0. The Labute approximate surface area is 493 Å². The second-order valence-electron chi connectivity index (χ2n) is 23.8. The molecule has 80 heavy (non-hydrogen) atoms. The Kier molecular flexibility index (Phi) is 20.3. The summed E-state index contributed by atoms with van der Waals surface area (Å²) in [6.07, 6.45) is 26.9. The van der Waals surface area contributed by atoms with Gasteiger partial charge in [0, 0.05) is 48.3 Å². The largest absolute Gasteiger partial charge is 0.304 e. The van der Waals surface area contributed by atoms with E-state index in [1.165, 1.54) is 164 Å². The molecule has 7 aromatic carbocycles. The van der Waals surface area contributed by atoms with E-state index >= 15 is 0 Å². The monoisotopic (exact) mass is 1230 g/mol. The van der Waals surface area contributed by atoms with Crippen molar-refractivity contribution in [3.8, 4) is 67.4 Å². The number of pyridine rings is 1. The SMILES string of the molecule is CCCCCCCCC1(CCCCCCCC)c2cc(-c3ccc(-c4nc(-c5cccc(-c6cccc(CCCCCCc7ccccc7)c6)c5)nc(C(C)(C)C)n4)cn3)[c-]cc2-c2ccc(-c3ccc4ccccc4c3)cc21.[Ir]. The molecule has 4 nitrogen and oxygen atoms in total. The quantitative estimate of drug-likeness (QED) is 0.0400. The summed E-state index contributed by atoms with van der Waals surface area (Å²) in [5.74, 6) is 2.07. The molecule has 0 spiro atoms. The number of aryl methyl sites for hydroxylation is 2. The zero-order chi connectivity index (χ0) is 54.4. The van der Waals surface area contributed by atoms with Crippen molar-refractivity contribution in [2.24, 2.45) is 0 Å². The van der Waals surface area contributed by atoms with Crippen LogP contribution in [-0.2, 0) is 43.8 Å². The number of unbranched alkanes of at least 4 members (excludes halogenated alkanes) is 13. The maximum atomic E-state index is 5.21. The van der Waals surface area contributed by atoms with E-state index in [9.17, 15) is 0 Å². The van der Waals surface area contributed by atoms with Crippen molar-refractivity contribution in [1.82, 2.24) is 19.9 Å². The van der Waals surface area contributed by atoms with Gasteiger partial charge in [0.25, 0.3) is 0 Å². The topological polar surface area (TPSA) is 51.6 Å². The number of hydrogen-bond donors (Lipinski definition) is 0. The van der Waals surface area contributed by atoms with Crippen LogP contribution in [0.3, 0.4) is 0 Å². The van der Waals surface area contributed by atoms with Crippen LogP contribution in [0.2, 0.25) is 0 Å². The van der Waals surface area contributed by atoms with Gasteiger partial charge >= 0.3 is 0 Å². The van der Waals surface area contributed by atoms with Crippen LogP contribution >= 0.6 is 0 Å². The predicted molar refractivity (Wildman–Crippen MR) is 334 cm³/mol. The van der Waals surface area contributed by atoms with Gasteiger partial charge in [-0.2, -0.15) is 0 Å². The molecule has 9 aromatic rings. The number of aromatic nitrogens is 4. The second-order valence-corrected chi connectivity index (χ2v) is 23.8. The smallest absolute Gasteiger partial charge is 0.165 e. The van der Waals surface area contributed by atoms with Crippen LogP contribution in [0.15, 0.2) is 170 Å². The summed E-state index contributed by atoms with van der Waals surface area (Å²) >= 11 is 0. The fourth-order valence-electron chi connectivity index (χ4n) is 12.3. The Morgan fingerprint density at radius 2 is 0.975 bits per heavy atom. The second kappa shape index (κ2) is 27.9. The van der Waals surface area contributed by atoms with Crippen LogP contribution in [0, 0.1) is 6.07 Å². The normalized spacial score (nSPS) is 12.6. The maximum Gasteiger partial charge on any atom is 0.165 e. The molecular formula is C75H83IrN4-. The zero-order valence-electron chi connectivity index (χ0n) is 48.4. The van der Waals surface area contributed by atoms with Crippen LogP contribution in [-0.4, -0.2) is 19.9 Å². The molecule has 0 saturated heterocycles. The zero-order valence-corrected chi connectivity index (χ0v) is 50.8. The molecule has 2 heterocycles.